The molecule has 0 saturated heterocycles. The number of nitrogens with one attached hydrogen (secondary N) is 1. The van der Waals surface area contributed by atoms with Gasteiger partial charge in [0.15, 0.2) is 0 Å². The van der Waals surface area contributed by atoms with Gasteiger partial charge in [0.2, 0.25) is 0 Å². The van der Waals surface area contributed by atoms with Crippen molar-refractivity contribution in [2.45, 2.75) is 0 Å². The molecule has 5 nitrogen and oxygen atoms in total. The molecule has 2 aromatic carbocycles. The number of amides is 1. The van der Waals surface area contributed by atoms with Crippen molar-refractivity contribution in [1.82, 2.24) is 0 Å². The van der Waals surface area contributed by atoms with E-state index in [1.54, 1.807) is 0 Å². The molecule has 0 atom stereocenters. The van der Waals surface area contributed by atoms with E-state index < -0.39 is 17.7 Å². The van der Waals surface area contributed by atoms with Gasteiger partial charge in [-0.2, -0.15) is 0 Å². The number of rotatable bonds is 3. The van der Waals surface area contributed by atoms with Crippen LogP contribution in [0.1, 0.15) is 20.7 Å². The van der Waals surface area contributed by atoms with Crippen molar-refractivity contribution in [3.05, 3.63) is 57.8 Å². The van der Waals surface area contributed by atoms with E-state index in [4.69, 9.17) is 10.8 Å². The highest BCUT2D eigenvalue weighted by molar-refractivity contribution is 9.10. The summed E-state index contributed by atoms with van der Waals surface area (Å²) in [6.45, 7) is 0. The number of benzene rings is 2. The van der Waals surface area contributed by atoms with E-state index in [-0.39, 0.29) is 22.5 Å². The van der Waals surface area contributed by atoms with Gasteiger partial charge in [-0.3, -0.25) is 4.79 Å². The van der Waals surface area contributed by atoms with Crippen molar-refractivity contribution in [3.8, 4) is 0 Å². The molecule has 4 N–H and O–H groups in total. The van der Waals surface area contributed by atoms with Crippen LogP contribution in [0.5, 0.6) is 0 Å². The summed E-state index contributed by atoms with van der Waals surface area (Å²) in [6.07, 6.45) is 0. The molecule has 1 amide bonds. The van der Waals surface area contributed by atoms with Gasteiger partial charge < -0.3 is 16.2 Å². The first-order chi connectivity index (χ1) is 9.88. The third-order valence-corrected chi connectivity index (χ3v) is 3.19. The van der Waals surface area contributed by atoms with E-state index in [1.807, 2.05) is 0 Å². The number of carboxylic acids is 1. The standard InChI is InChI=1S/C14H10BrFN2O3/c15-7-1-3-11(16)9(5-7)13(19)18-12-4-2-8(17)6-10(12)14(20)21/h1-6H,17H2,(H,18,19)(H,20,21). The minimum absolute atomic E-state index is 0.0427. The maximum Gasteiger partial charge on any atom is 0.337 e. The molecular weight excluding hydrogens is 343 g/mol. The summed E-state index contributed by atoms with van der Waals surface area (Å²) in [4.78, 5) is 23.2. The lowest BCUT2D eigenvalue weighted by Gasteiger charge is -2.10. The lowest BCUT2D eigenvalue weighted by molar-refractivity contribution is 0.0698. The maximum absolute atomic E-state index is 13.6. The van der Waals surface area contributed by atoms with Crippen LogP contribution < -0.4 is 11.1 Å². The highest BCUT2D eigenvalue weighted by Gasteiger charge is 2.16. The van der Waals surface area contributed by atoms with Crippen LogP contribution in [0.15, 0.2) is 40.9 Å². The van der Waals surface area contributed by atoms with E-state index in [2.05, 4.69) is 21.2 Å². The first kappa shape index (κ1) is 15.0. The Kier molecular flexibility index (Phi) is 4.23. The second kappa shape index (κ2) is 5.92. The summed E-state index contributed by atoms with van der Waals surface area (Å²) in [7, 11) is 0. The van der Waals surface area contributed by atoms with E-state index in [0.29, 0.717) is 4.47 Å². The zero-order valence-electron chi connectivity index (χ0n) is 10.6. The predicted octanol–water partition coefficient (Wildman–Crippen LogP) is 3.12. The molecule has 108 valence electrons. The van der Waals surface area contributed by atoms with Gasteiger partial charge in [-0.05, 0) is 36.4 Å². The van der Waals surface area contributed by atoms with Crippen LogP contribution in [0.2, 0.25) is 0 Å². The smallest absolute Gasteiger partial charge is 0.337 e. The molecule has 0 unspecified atom stereocenters. The molecule has 0 aromatic heterocycles. The topological polar surface area (TPSA) is 92.4 Å². The second-order valence-corrected chi connectivity index (χ2v) is 5.10. The van der Waals surface area contributed by atoms with Gasteiger partial charge >= 0.3 is 5.97 Å². The van der Waals surface area contributed by atoms with Crippen molar-refractivity contribution >= 4 is 39.2 Å². The summed E-state index contributed by atoms with van der Waals surface area (Å²) in [5.74, 6) is -2.70. The fourth-order valence-electron chi connectivity index (χ4n) is 1.71. The van der Waals surface area contributed by atoms with Crippen molar-refractivity contribution < 1.29 is 19.1 Å². The van der Waals surface area contributed by atoms with E-state index in [9.17, 15) is 14.0 Å². The minimum atomic E-state index is -1.24. The Morgan fingerprint density at radius 2 is 1.86 bits per heavy atom. The van der Waals surface area contributed by atoms with Crippen LogP contribution in [-0.2, 0) is 0 Å². The summed E-state index contributed by atoms with van der Waals surface area (Å²) in [5.41, 5.74) is 5.44. The fraction of sp³-hybridized carbons (Fsp3) is 0. The largest absolute Gasteiger partial charge is 0.478 e. The molecule has 0 spiro atoms. The first-order valence-corrected chi connectivity index (χ1v) is 6.57. The van der Waals surface area contributed by atoms with Crippen molar-refractivity contribution in [2.75, 3.05) is 11.1 Å². The summed E-state index contributed by atoms with van der Waals surface area (Å²) in [5, 5.41) is 11.5. The van der Waals surface area contributed by atoms with E-state index >= 15 is 0 Å². The third kappa shape index (κ3) is 3.38. The van der Waals surface area contributed by atoms with Crippen LogP contribution in [0, 0.1) is 5.82 Å². The molecule has 0 saturated carbocycles. The molecule has 0 radical (unpaired) electrons. The average Bonchev–Trinajstić information content (AvgIpc) is 2.43. The highest BCUT2D eigenvalue weighted by atomic mass is 79.9. The molecule has 2 rings (SSSR count). The Hall–Kier alpha value is -2.41. The minimum Gasteiger partial charge on any atom is -0.478 e. The first-order valence-electron chi connectivity index (χ1n) is 5.77. The average molecular weight is 353 g/mol. The number of halogens is 2. The number of aromatic carboxylic acids is 1. The normalized spacial score (nSPS) is 10.2. The summed E-state index contributed by atoms with van der Waals surface area (Å²) >= 11 is 3.14. The molecule has 0 aliphatic carbocycles. The zero-order chi connectivity index (χ0) is 15.6. The Balaban J connectivity index is 2.36. The highest BCUT2D eigenvalue weighted by Crippen LogP contribution is 2.21. The Morgan fingerprint density at radius 3 is 2.52 bits per heavy atom. The van der Waals surface area contributed by atoms with E-state index in [0.717, 1.165) is 6.07 Å². The molecule has 0 fully saturated rings. The molecule has 0 aliphatic rings. The molecule has 7 heteroatoms. The Labute approximate surface area is 127 Å². The van der Waals surface area contributed by atoms with E-state index in [1.165, 1.54) is 30.3 Å². The summed E-state index contributed by atoms with van der Waals surface area (Å²) < 4.78 is 14.2. The SMILES string of the molecule is Nc1ccc(NC(=O)c2cc(Br)ccc2F)c(C(=O)O)c1. The molecule has 0 aliphatic heterocycles. The van der Waals surface area contributed by atoms with Gasteiger partial charge in [0.1, 0.15) is 5.82 Å². The molecule has 0 bridgehead atoms. The number of nitrogens with two attached hydrogens (primary N) is 1. The Bertz CT molecular complexity index is 734. The third-order valence-electron chi connectivity index (χ3n) is 2.70. The number of carbonyl (C=O) groups excluding carboxylic acids is 1. The van der Waals surface area contributed by atoms with Gasteiger partial charge in [0.25, 0.3) is 5.91 Å². The quantitative estimate of drug-likeness (QED) is 0.740. The monoisotopic (exact) mass is 352 g/mol. The molecule has 2 aromatic rings. The van der Waals surface area contributed by atoms with Gasteiger partial charge in [0.05, 0.1) is 16.8 Å². The zero-order valence-corrected chi connectivity index (χ0v) is 12.1. The number of nitrogen functional groups attached to an aromatic ring is 1. The lowest BCUT2D eigenvalue weighted by atomic mass is 10.1. The van der Waals surface area contributed by atoms with Crippen LogP contribution in [-0.4, -0.2) is 17.0 Å². The number of hydrogen-bond acceptors (Lipinski definition) is 3. The van der Waals surface area contributed by atoms with Crippen LogP contribution in [0.25, 0.3) is 0 Å². The van der Waals surface area contributed by atoms with Gasteiger partial charge in [0, 0.05) is 10.2 Å². The number of hydrogen-bond donors (Lipinski definition) is 3. The number of carboxylic acid groups (broad SMARTS) is 1. The second-order valence-electron chi connectivity index (χ2n) is 4.19. The summed E-state index contributed by atoms with van der Waals surface area (Å²) in [6, 6.07) is 7.92. The predicted molar refractivity (Wildman–Crippen MR) is 79.9 cm³/mol. The fourth-order valence-corrected chi connectivity index (χ4v) is 2.07. The van der Waals surface area contributed by atoms with Gasteiger partial charge in [-0.25, -0.2) is 9.18 Å². The van der Waals surface area contributed by atoms with Crippen molar-refractivity contribution in [3.63, 3.8) is 0 Å². The Morgan fingerprint density at radius 1 is 1.14 bits per heavy atom. The lowest BCUT2D eigenvalue weighted by Crippen LogP contribution is -2.16. The van der Waals surface area contributed by atoms with Gasteiger partial charge in [-0.1, -0.05) is 15.9 Å². The van der Waals surface area contributed by atoms with Crippen LogP contribution in [0.4, 0.5) is 15.8 Å². The molecular formula is C14H10BrFN2O3. The maximum atomic E-state index is 13.6. The van der Waals surface area contributed by atoms with Crippen molar-refractivity contribution in [2.24, 2.45) is 0 Å². The molecule has 0 heterocycles. The van der Waals surface area contributed by atoms with Crippen LogP contribution >= 0.6 is 15.9 Å². The number of anilines is 2. The molecule has 21 heavy (non-hydrogen) atoms. The van der Waals surface area contributed by atoms with Crippen molar-refractivity contribution in [1.29, 1.82) is 0 Å². The van der Waals surface area contributed by atoms with Gasteiger partial charge in [-0.15, -0.1) is 0 Å². The number of carbonyl (C=O) groups is 2. The van der Waals surface area contributed by atoms with Crippen LogP contribution in [0.3, 0.4) is 0 Å².